The molecule has 1 aliphatic rings. The zero-order valence-corrected chi connectivity index (χ0v) is 15.0. The molecule has 1 aliphatic heterocycles. The molecule has 5 nitrogen and oxygen atoms in total. The summed E-state index contributed by atoms with van der Waals surface area (Å²) in [5.41, 5.74) is 6.37. The first-order chi connectivity index (χ1) is 11.2. The monoisotopic (exact) mass is 354 g/mol. The Bertz CT molecular complexity index is 534. The van der Waals surface area contributed by atoms with Crippen LogP contribution in [0.5, 0.6) is 5.75 Å². The first-order valence-electron chi connectivity index (χ1n) is 8.41. The van der Waals surface area contributed by atoms with E-state index in [0.717, 1.165) is 31.6 Å². The SMILES string of the molecule is CCOc1ccc(C(=O)CCC(=O)N2CCCCC2CN)cc1.Cl. The first kappa shape index (κ1) is 20.5. The van der Waals surface area contributed by atoms with Crippen molar-refractivity contribution in [3.8, 4) is 5.75 Å². The highest BCUT2D eigenvalue weighted by molar-refractivity contribution is 5.98. The van der Waals surface area contributed by atoms with Crippen LogP contribution >= 0.6 is 12.4 Å². The molecule has 0 radical (unpaired) electrons. The van der Waals surface area contributed by atoms with Crippen LogP contribution in [-0.4, -0.2) is 42.3 Å². The van der Waals surface area contributed by atoms with Gasteiger partial charge in [-0.05, 0) is 50.5 Å². The van der Waals surface area contributed by atoms with E-state index in [9.17, 15) is 9.59 Å². The number of hydrogen-bond donors (Lipinski definition) is 1. The number of halogens is 1. The highest BCUT2D eigenvalue weighted by Crippen LogP contribution is 2.19. The summed E-state index contributed by atoms with van der Waals surface area (Å²) in [6, 6.07) is 7.21. The fraction of sp³-hybridized carbons (Fsp3) is 0.556. The molecule has 24 heavy (non-hydrogen) atoms. The van der Waals surface area contributed by atoms with Crippen LogP contribution < -0.4 is 10.5 Å². The molecule has 1 aromatic rings. The van der Waals surface area contributed by atoms with Crippen molar-refractivity contribution in [1.29, 1.82) is 0 Å². The van der Waals surface area contributed by atoms with E-state index in [-0.39, 0.29) is 43.0 Å². The molecule has 0 aliphatic carbocycles. The summed E-state index contributed by atoms with van der Waals surface area (Å²) in [5.74, 6) is 0.779. The minimum atomic E-state index is -0.0114. The van der Waals surface area contributed by atoms with Gasteiger partial charge < -0.3 is 15.4 Å². The van der Waals surface area contributed by atoms with Crippen LogP contribution in [0, 0.1) is 0 Å². The van der Waals surface area contributed by atoms with Crippen LogP contribution in [0.25, 0.3) is 0 Å². The largest absolute Gasteiger partial charge is 0.494 e. The third kappa shape index (κ3) is 5.49. The van der Waals surface area contributed by atoms with Crippen molar-refractivity contribution in [1.82, 2.24) is 4.90 Å². The molecule has 1 saturated heterocycles. The van der Waals surface area contributed by atoms with Gasteiger partial charge in [-0.3, -0.25) is 9.59 Å². The summed E-state index contributed by atoms with van der Waals surface area (Å²) in [7, 11) is 0. The number of ketones is 1. The lowest BCUT2D eigenvalue weighted by molar-refractivity contribution is -0.134. The van der Waals surface area contributed by atoms with E-state index in [1.165, 1.54) is 0 Å². The van der Waals surface area contributed by atoms with Gasteiger partial charge in [0.1, 0.15) is 5.75 Å². The van der Waals surface area contributed by atoms with Gasteiger partial charge in [0.2, 0.25) is 5.91 Å². The normalized spacial score (nSPS) is 17.1. The maximum absolute atomic E-state index is 12.3. The lowest BCUT2D eigenvalue weighted by Crippen LogP contribution is -2.47. The predicted octanol–water partition coefficient (Wildman–Crippen LogP) is 2.81. The van der Waals surface area contributed by atoms with Crippen molar-refractivity contribution in [2.45, 2.75) is 45.1 Å². The molecule has 0 bridgehead atoms. The van der Waals surface area contributed by atoms with Crippen LogP contribution in [0.3, 0.4) is 0 Å². The molecular formula is C18H27ClN2O3. The average Bonchev–Trinajstić information content (AvgIpc) is 2.60. The highest BCUT2D eigenvalue weighted by atomic mass is 35.5. The second-order valence-corrected chi connectivity index (χ2v) is 5.85. The van der Waals surface area contributed by atoms with Crippen molar-refractivity contribution < 1.29 is 14.3 Å². The maximum atomic E-state index is 12.3. The van der Waals surface area contributed by atoms with E-state index in [1.54, 1.807) is 24.3 Å². The van der Waals surface area contributed by atoms with Crippen LogP contribution in [0.15, 0.2) is 24.3 Å². The number of carbonyl (C=O) groups excluding carboxylic acids is 2. The topological polar surface area (TPSA) is 72.6 Å². The molecule has 134 valence electrons. The Kier molecular flexibility index (Phi) is 8.79. The summed E-state index contributed by atoms with van der Waals surface area (Å²) in [6.07, 6.45) is 3.60. The maximum Gasteiger partial charge on any atom is 0.223 e. The van der Waals surface area contributed by atoms with Crippen molar-refractivity contribution >= 4 is 24.1 Å². The molecule has 1 amide bonds. The Morgan fingerprint density at radius 2 is 1.92 bits per heavy atom. The number of ether oxygens (including phenoxy) is 1. The van der Waals surface area contributed by atoms with E-state index in [4.69, 9.17) is 10.5 Å². The summed E-state index contributed by atoms with van der Waals surface area (Å²) in [5, 5.41) is 0. The summed E-state index contributed by atoms with van der Waals surface area (Å²) in [4.78, 5) is 26.4. The summed E-state index contributed by atoms with van der Waals surface area (Å²) >= 11 is 0. The number of likely N-dealkylation sites (tertiary alicyclic amines) is 1. The zero-order chi connectivity index (χ0) is 16.7. The van der Waals surface area contributed by atoms with E-state index in [2.05, 4.69) is 0 Å². The number of nitrogens with two attached hydrogens (primary N) is 1. The molecule has 6 heteroatoms. The van der Waals surface area contributed by atoms with E-state index in [1.807, 2.05) is 11.8 Å². The third-order valence-electron chi connectivity index (χ3n) is 4.27. The minimum absolute atomic E-state index is 0. The number of benzene rings is 1. The average molecular weight is 355 g/mol. The quantitative estimate of drug-likeness (QED) is 0.764. The van der Waals surface area contributed by atoms with Crippen molar-refractivity contribution in [3.05, 3.63) is 29.8 Å². The molecule has 1 aromatic carbocycles. The van der Waals surface area contributed by atoms with Gasteiger partial charge in [-0.15, -0.1) is 12.4 Å². The van der Waals surface area contributed by atoms with Gasteiger partial charge in [0.25, 0.3) is 0 Å². The Morgan fingerprint density at radius 3 is 2.54 bits per heavy atom. The number of piperidine rings is 1. The molecule has 1 atom stereocenters. The Hall–Kier alpha value is -1.59. The molecule has 2 N–H and O–H groups in total. The van der Waals surface area contributed by atoms with Crippen LogP contribution in [0.4, 0.5) is 0 Å². The Balaban J connectivity index is 0.00000288. The minimum Gasteiger partial charge on any atom is -0.494 e. The molecule has 1 heterocycles. The highest BCUT2D eigenvalue weighted by Gasteiger charge is 2.25. The van der Waals surface area contributed by atoms with Gasteiger partial charge in [-0.2, -0.15) is 0 Å². The van der Waals surface area contributed by atoms with Crippen LogP contribution in [0.1, 0.15) is 49.4 Å². The molecule has 1 unspecified atom stereocenters. The smallest absolute Gasteiger partial charge is 0.223 e. The van der Waals surface area contributed by atoms with Crippen LogP contribution in [0.2, 0.25) is 0 Å². The van der Waals surface area contributed by atoms with E-state index >= 15 is 0 Å². The number of nitrogens with zero attached hydrogens (tertiary/aromatic N) is 1. The lowest BCUT2D eigenvalue weighted by Gasteiger charge is -2.35. The lowest BCUT2D eigenvalue weighted by atomic mass is 10.0. The Labute approximate surface area is 149 Å². The molecule has 2 rings (SSSR count). The summed E-state index contributed by atoms with van der Waals surface area (Å²) < 4.78 is 5.36. The fourth-order valence-electron chi connectivity index (χ4n) is 2.99. The van der Waals surface area contributed by atoms with Gasteiger partial charge >= 0.3 is 0 Å². The molecule has 0 spiro atoms. The number of carbonyl (C=O) groups is 2. The van der Waals surface area contributed by atoms with Crippen molar-refractivity contribution in [2.24, 2.45) is 5.73 Å². The Morgan fingerprint density at radius 1 is 1.21 bits per heavy atom. The fourth-order valence-corrected chi connectivity index (χ4v) is 2.99. The van der Waals surface area contributed by atoms with Crippen molar-refractivity contribution in [3.63, 3.8) is 0 Å². The first-order valence-corrected chi connectivity index (χ1v) is 8.41. The standard InChI is InChI=1S/C18H26N2O3.ClH/c1-2-23-16-8-6-14(7-9-16)17(21)10-11-18(22)20-12-4-3-5-15(20)13-19;/h6-9,15H,2-5,10-13,19H2,1H3;1H. The molecule has 0 saturated carbocycles. The summed E-state index contributed by atoms with van der Waals surface area (Å²) in [6.45, 7) is 3.77. The van der Waals surface area contributed by atoms with Gasteiger partial charge in [0.05, 0.1) is 6.61 Å². The van der Waals surface area contributed by atoms with Gasteiger partial charge in [-0.25, -0.2) is 0 Å². The number of rotatable bonds is 7. The van der Waals surface area contributed by atoms with Gasteiger partial charge in [0.15, 0.2) is 5.78 Å². The van der Waals surface area contributed by atoms with Gasteiger partial charge in [-0.1, -0.05) is 0 Å². The van der Waals surface area contributed by atoms with Crippen LogP contribution in [-0.2, 0) is 4.79 Å². The van der Waals surface area contributed by atoms with Gasteiger partial charge in [0, 0.05) is 37.5 Å². The molecular weight excluding hydrogens is 328 g/mol. The van der Waals surface area contributed by atoms with E-state index in [0.29, 0.717) is 18.7 Å². The van der Waals surface area contributed by atoms with Crippen molar-refractivity contribution in [2.75, 3.05) is 19.7 Å². The number of amides is 1. The predicted molar refractivity (Wildman–Crippen MR) is 96.8 cm³/mol. The second-order valence-electron chi connectivity index (χ2n) is 5.85. The molecule has 0 aromatic heterocycles. The number of Topliss-reactive ketones (excluding diaryl/α,β-unsaturated/α-hetero) is 1. The second kappa shape index (κ2) is 10.3. The third-order valence-corrected chi connectivity index (χ3v) is 4.27. The zero-order valence-electron chi connectivity index (χ0n) is 14.2. The molecule has 1 fully saturated rings. The number of hydrogen-bond acceptors (Lipinski definition) is 4. The van der Waals surface area contributed by atoms with E-state index < -0.39 is 0 Å².